The molecule has 1 saturated heterocycles. The molecule has 0 spiro atoms. The lowest BCUT2D eigenvalue weighted by atomic mass is 9.94. The van der Waals surface area contributed by atoms with Crippen LogP contribution in [0.25, 0.3) is 0 Å². The van der Waals surface area contributed by atoms with Crippen LogP contribution in [0.2, 0.25) is 0 Å². The van der Waals surface area contributed by atoms with Gasteiger partial charge in [0.2, 0.25) is 5.91 Å². The van der Waals surface area contributed by atoms with Crippen molar-refractivity contribution < 1.29 is 4.79 Å². The van der Waals surface area contributed by atoms with Crippen molar-refractivity contribution in [1.82, 2.24) is 4.90 Å². The first-order valence-electron chi connectivity index (χ1n) is 6.17. The van der Waals surface area contributed by atoms with Gasteiger partial charge in [0.15, 0.2) is 0 Å². The van der Waals surface area contributed by atoms with E-state index in [9.17, 15) is 4.79 Å². The zero-order valence-corrected chi connectivity index (χ0v) is 9.78. The molecule has 4 atom stereocenters. The summed E-state index contributed by atoms with van der Waals surface area (Å²) in [6.45, 7) is 5.49. The summed E-state index contributed by atoms with van der Waals surface area (Å²) < 4.78 is 0. The third-order valence-electron chi connectivity index (χ3n) is 4.34. The average molecular weight is 210 g/mol. The first-order chi connectivity index (χ1) is 7.11. The van der Waals surface area contributed by atoms with E-state index in [1.54, 1.807) is 0 Å². The molecule has 86 valence electrons. The molecule has 4 unspecified atom stereocenters. The molecular formula is C12H22N2O. The van der Waals surface area contributed by atoms with Gasteiger partial charge < -0.3 is 10.6 Å². The van der Waals surface area contributed by atoms with E-state index in [4.69, 9.17) is 5.73 Å². The molecule has 1 aliphatic carbocycles. The summed E-state index contributed by atoms with van der Waals surface area (Å²) in [5, 5.41) is 0. The van der Waals surface area contributed by atoms with E-state index in [2.05, 4.69) is 18.7 Å². The topological polar surface area (TPSA) is 46.3 Å². The summed E-state index contributed by atoms with van der Waals surface area (Å²) in [5.41, 5.74) is 5.83. The van der Waals surface area contributed by atoms with Crippen LogP contribution in [0, 0.1) is 11.8 Å². The third-order valence-corrected chi connectivity index (χ3v) is 4.34. The molecule has 0 radical (unpaired) electrons. The quantitative estimate of drug-likeness (QED) is 0.710. The Morgan fingerprint density at radius 2 is 2.00 bits per heavy atom. The number of hydrogen-bond acceptors (Lipinski definition) is 2. The fraction of sp³-hybridized carbons (Fsp3) is 0.917. The Bertz CT molecular complexity index is 254. The van der Waals surface area contributed by atoms with Crippen molar-refractivity contribution in [2.75, 3.05) is 6.54 Å². The Kier molecular flexibility index (Phi) is 3.01. The Morgan fingerprint density at radius 1 is 1.27 bits per heavy atom. The summed E-state index contributed by atoms with van der Waals surface area (Å²) in [4.78, 5) is 14.0. The second kappa shape index (κ2) is 4.12. The van der Waals surface area contributed by atoms with E-state index in [1.807, 2.05) is 0 Å². The summed E-state index contributed by atoms with van der Waals surface area (Å²) in [7, 11) is 0. The van der Waals surface area contributed by atoms with Gasteiger partial charge in [0.25, 0.3) is 0 Å². The fourth-order valence-electron chi connectivity index (χ4n) is 3.04. The molecule has 3 nitrogen and oxygen atoms in total. The Hall–Kier alpha value is -0.570. The minimum Gasteiger partial charge on any atom is -0.338 e. The lowest BCUT2D eigenvalue weighted by Gasteiger charge is -2.37. The Balaban J connectivity index is 2.06. The van der Waals surface area contributed by atoms with Gasteiger partial charge in [0.1, 0.15) is 0 Å². The second-order valence-corrected chi connectivity index (χ2v) is 5.26. The van der Waals surface area contributed by atoms with Crippen molar-refractivity contribution in [3.05, 3.63) is 0 Å². The molecule has 0 bridgehead atoms. The van der Waals surface area contributed by atoms with E-state index in [-0.39, 0.29) is 11.9 Å². The molecule has 15 heavy (non-hydrogen) atoms. The van der Waals surface area contributed by atoms with E-state index in [0.29, 0.717) is 12.0 Å². The van der Waals surface area contributed by atoms with E-state index in [0.717, 1.165) is 25.3 Å². The predicted octanol–water partition coefficient (Wildman–Crippen LogP) is 1.37. The Labute approximate surface area is 92.0 Å². The minimum atomic E-state index is -0.234. The number of nitrogens with two attached hydrogens (primary N) is 1. The van der Waals surface area contributed by atoms with Gasteiger partial charge in [-0.15, -0.1) is 0 Å². The van der Waals surface area contributed by atoms with Crippen LogP contribution in [0.15, 0.2) is 0 Å². The lowest BCUT2D eigenvalue weighted by Crippen LogP contribution is -2.53. The third kappa shape index (κ3) is 1.89. The van der Waals surface area contributed by atoms with Crippen molar-refractivity contribution >= 4 is 5.91 Å². The van der Waals surface area contributed by atoms with Crippen LogP contribution in [0.4, 0.5) is 0 Å². The SMILES string of the molecule is CC1CCC(N2CCCC(N)C2=O)C1C. The summed E-state index contributed by atoms with van der Waals surface area (Å²) in [5.74, 6) is 1.58. The molecule has 2 rings (SSSR count). The molecule has 0 aromatic rings. The van der Waals surface area contributed by atoms with Gasteiger partial charge in [-0.05, 0) is 37.5 Å². The Morgan fingerprint density at radius 3 is 2.60 bits per heavy atom. The van der Waals surface area contributed by atoms with E-state index < -0.39 is 0 Å². The molecule has 1 heterocycles. The van der Waals surface area contributed by atoms with Crippen LogP contribution in [0.1, 0.15) is 39.5 Å². The zero-order valence-electron chi connectivity index (χ0n) is 9.78. The molecule has 1 amide bonds. The van der Waals surface area contributed by atoms with Gasteiger partial charge in [0.05, 0.1) is 6.04 Å². The van der Waals surface area contributed by atoms with Crippen molar-refractivity contribution in [2.45, 2.75) is 51.6 Å². The van der Waals surface area contributed by atoms with E-state index >= 15 is 0 Å². The summed E-state index contributed by atoms with van der Waals surface area (Å²) >= 11 is 0. The van der Waals surface area contributed by atoms with E-state index in [1.165, 1.54) is 12.8 Å². The second-order valence-electron chi connectivity index (χ2n) is 5.26. The number of carbonyl (C=O) groups is 1. The number of amides is 1. The highest BCUT2D eigenvalue weighted by Crippen LogP contribution is 2.35. The monoisotopic (exact) mass is 210 g/mol. The molecule has 0 aromatic heterocycles. The number of rotatable bonds is 1. The zero-order chi connectivity index (χ0) is 11.0. The lowest BCUT2D eigenvalue weighted by molar-refractivity contribution is -0.138. The predicted molar refractivity (Wildman–Crippen MR) is 60.3 cm³/mol. The normalized spacial score (nSPS) is 42.3. The van der Waals surface area contributed by atoms with Crippen LogP contribution < -0.4 is 5.73 Å². The molecule has 1 saturated carbocycles. The van der Waals surface area contributed by atoms with Crippen LogP contribution in [-0.2, 0) is 4.79 Å². The smallest absolute Gasteiger partial charge is 0.239 e. The molecular weight excluding hydrogens is 188 g/mol. The van der Waals surface area contributed by atoms with Crippen LogP contribution in [0.5, 0.6) is 0 Å². The first-order valence-corrected chi connectivity index (χ1v) is 6.17. The molecule has 2 aliphatic rings. The average Bonchev–Trinajstić information content (AvgIpc) is 2.53. The maximum atomic E-state index is 12.0. The standard InChI is InChI=1S/C12H22N2O/c1-8-5-6-11(9(8)2)14-7-3-4-10(13)12(14)15/h8-11H,3-7,13H2,1-2H3. The van der Waals surface area contributed by atoms with Gasteiger partial charge in [0, 0.05) is 12.6 Å². The summed E-state index contributed by atoms with van der Waals surface area (Å²) in [6.07, 6.45) is 4.36. The van der Waals surface area contributed by atoms with Gasteiger partial charge in [-0.2, -0.15) is 0 Å². The molecule has 0 aromatic carbocycles. The molecule has 3 heteroatoms. The largest absolute Gasteiger partial charge is 0.338 e. The van der Waals surface area contributed by atoms with Crippen LogP contribution >= 0.6 is 0 Å². The fourth-order valence-corrected chi connectivity index (χ4v) is 3.04. The van der Waals surface area contributed by atoms with Crippen LogP contribution in [0.3, 0.4) is 0 Å². The van der Waals surface area contributed by atoms with Crippen LogP contribution in [-0.4, -0.2) is 29.4 Å². The van der Waals surface area contributed by atoms with Gasteiger partial charge in [-0.1, -0.05) is 13.8 Å². The highest BCUT2D eigenvalue weighted by atomic mass is 16.2. The number of nitrogens with zero attached hydrogens (tertiary/aromatic N) is 1. The number of likely N-dealkylation sites (tertiary alicyclic amines) is 1. The highest BCUT2D eigenvalue weighted by molar-refractivity contribution is 5.82. The maximum Gasteiger partial charge on any atom is 0.239 e. The molecule has 1 aliphatic heterocycles. The maximum absolute atomic E-state index is 12.0. The van der Waals surface area contributed by atoms with Crippen molar-refractivity contribution in [3.63, 3.8) is 0 Å². The number of carbonyl (C=O) groups excluding carboxylic acids is 1. The molecule has 2 fully saturated rings. The minimum absolute atomic E-state index is 0.187. The van der Waals surface area contributed by atoms with Gasteiger partial charge in [-0.3, -0.25) is 4.79 Å². The molecule has 2 N–H and O–H groups in total. The van der Waals surface area contributed by atoms with Gasteiger partial charge >= 0.3 is 0 Å². The highest BCUT2D eigenvalue weighted by Gasteiger charge is 2.38. The summed E-state index contributed by atoms with van der Waals surface area (Å²) in [6, 6.07) is 0.223. The van der Waals surface area contributed by atoms with Crippen molar-refractivity contribution in [2.24, 2.45) is 17.6 Å². The number of hydrogen-bond donors (Lipinski definition) is 1. The van der Waals surface area contributed by atoms with Gasteiger partial charge in [-0.25, -0.2) is 0 Å². The first kappa shape index (κ1) is 10.9. The number of piperidine rings is 1. The van der Waals surface area contributed by atoms with Crippen molar-refractivity contribution in [3.8, 4) is 0 Å². The van der Waals surface area contributed by atoms with Crippen molar-refractivity contribution in [1.29, 1.82) is 0 Å².